The number of likely N-dealkylation sites (N-methyl/N-ethyl adjacent to an activating group) is 1. The maximum Gasteiger partial charge on any atom is 0.0572 e. The van der Waals surface area contributed by atoms with Crippen LogP contribution in [0, 0.1) is 0 Å². The number of nitrogens with zero attached hydrogens (tertiary/aromatic N) is 3. The van der Waals surface area contributed by atoms with Crippen LogP contribution < -0.4 is 10.6 Å². The van der Waals surface area contributed by atoms with E-state index < -0.39 is 0 Å². The summed E-state index contributed by atoms with van der Waals surface area (Å²) in [6, 6.07) is 4.25. The van der Waals surface area contributed by atoms with Crippen molar-refractivity contribution < 1.29 is 0 Å². The van der Waals surface area contributed by atoms with Crippen LogP contribution in [0.1, 0.15) is 38.4 Å². The second-order valence-electron chi connectivity index (χ2n) is 5.25. The summed E-state index contributed by atoms with van der Waals surface area (Å²) in [6.07, 6.45) is 4.02. The Morgan fingerprint density at radius 3 is 2.37 bits per heavy atom. The summed E-state index contributed by atoms with van der Waals surface area (Å²) in [5.74, 6) is 0. The third-order valence-corrected chi connectivity index (χ3v) is 3.27. The monoisotopic (exact) mass is 264 g/mol. The van der Waals surface area contributed by atoms with Crippen molar-refractivity contribution in [3.05, 3.63) is 24.0 Å². The lowest BCUT2D eigenvalue weighted by atomic mass is 10.1. The predicted molar refractivity (Wildman–Crippen MR) is 82.5 cm³/mol. The highest BCUT2D eigenvalue weighted by Gasteiger charge is 2.09. The molecule has 0 aromatic carbocycles. The Kier molecular flexibility index (Phi) is 6.81. The largest absolute Gasteiger partial charge is 0.369 e. The highest BCUT2D eigenvalue weighted by molar-refractivity contribution is 5.44. The molecule has 108 valence electrons. The van der Waals surface area contributed by atoms with Gasteiger partial charge in [-0.1, -0.05) is 13.8 Å². The Balaban J connectivity index is 2.73. The fourth-order valence-electron chi connectivity index (χ4n) is 1.97. The van der Waals surface area contributed by atoms with Gasteiger partial charge in [-0.3, -0.25) is 4.98 Å². The minimum atomic E-state index is 0.0513. The van der Waals surface area contributed by atoms with Crippen molar-refractivity contribution in [3.8, 4) is 0 Å². The normalized spacial score (nSPS) is 12.7. The highest BCUT2D eigenvalue weighted by atomic mass is 15.2. The maximum absolute atomic E-state index is 5.99. The molecule has 0 saturated heterocycles. The molecule has 1 aromatic rings. The number of pyridine rings is 1. The molecule has 0 radical (unpaired) electrons. The van der Waals surface area contributed by atoms with Crippen LogP contribution in [0.25, 0.3) is 0 Å². The van der Waals surface area contributed by atoms with Crippen molar-refractivity contribution in [2.24, 2.45) is 5.73 Å². The van der Waals surface area contributed by atoms with Gasteiger partial charge in [0.05, 0.1) is 17.6 Å². The van der Waals surface area contributed by atoms with E-state index in [1.54, 1.807) is 0 Å². The number of hydrogen-bond acceptors (Lipinski definition) is 4. The molecule has 1 aromatic heterocycles. The van der Waals surface area contributed by atoms with Gasteiger partial charge >= 0.3 is 0 Å². The van der Waals surface area contributed by atoms with Crippen molar-refractivity contribution in [2.75, 3.05) is 38.6 Å². The Bertz CT molecular complexity index is 348. The van der Waals surface area contributed by atoms with E-state index in [4.69, 9.17) is 5.73 Å². The summed E-state index contributed by atoms with van der Waals surface area (Å²) < 4.78 is 0. The molecule has 0 fully saturated rings. The molecule has 4 heteroatoms. The van der Waals surface area contributed by atoms with E-state index in [2.05, 4.69) is 54.9 Å². The molecule has 0 aliphatic carbocycles. The molecule has 19 heavy (non-hydrogen) atoms. The summed E-state index contributed by atoms with van der Waals surface area (Å²) in [6.45, 7) is 7.44. The molecule has 0 aliphatic rings. The summed E-state index contributed by atoms with van der Waals surface area (Å²) in [4.78, 5) is 9.09. The number of nitrogens with two attached hydrogens (primary N) is 1. The van der Waals surface area contributed by atoms with Gasteiger partial charge in [0.25, 0.3) is 0 Å². The van der Waals surface area contributed by atoms with Gasteiger partial charge in [0.2, 0.25) is 0 Å². The summed E-state index contributed by atoms with van der Waals surface area (Å²) in [5.41, 5.74) is 8.17. The average molecular weight is 264 g/mol. The van der Waals surface area contributed by atoms with Crippen LogP contribution in [0.5, 0.6) is 0 Å². The lowest BCUT2D eigenvalue weighted by Gasteiger charge is -2.26. The van der Waals surface area contributed by atoms with Crippen molar-refractivity contribution in [3.63, 3.8) is 0 Å². The SMILES string of the molecule is CCCN(CCN(C)C)c1ccc([C@H](N)CC)nc1. The fraction of sp³-hybridized carbons (Fsp3) is 0.667. The maximum atomic E-state index is 5.99. The fourth-order valence-corrected chi connectivity index (χ4v) is 1.97. The van der Waals surface area contributed by atoms with Crippen molar-refractivity contribution in [1.29, 1.82) is 0 Å². The molecule has 1 heterocycles. The lowest BCUT2D eigenvalue weighted by molar-refractivity contribution is 0.413. The topological polar surface area (TPSA) is 45.4 Å². The van der Waals surface area contributed by atoms with Gasteiger partial charge in [0, 0.05) is 25.7 Å². The molecule has 1 rings (SSSR count). The highest BCUT2D eigenvalue weighted by Crippen LogP contribution is 2.17. The Hall–Kier alpha value is -1.13. The van der Waals surface area contributed by atoms with E-state index in [1.807, 2.05) is 6.20 Å². The van der Waals surface area contributed by atoms with Gasteiger partial charge in [-0.15, -0.1) is 0 Å². The van der Waals surface area contributed by atoms with Gasteiger partial charge in [-0.05, 0) is 39.1 Å². The van der Waals surface area contributed by atoms with Gasteiger partial charge in [0.1, 0.15) is 0 Å². The molecule has 0 bridgehead atoms. The molecule has 2 N–H and O–H groups in total. The van der Waals surface area contributed by atoms with Gasteiger partial charge in [0.15, 0.2) is 0 Å². The second kappa shape index (κ2) is 8.12. The summed E-state index contributed by atoms with van der Waals surface area (Å²) in [5, 5.41) is 0. The first-order valence-corrected chi connectivity index (χ1v) is 7.19. The van der Waals surface area contributed by atoms with E-state index in [0.29, 0.717) is 0 Å². The van der Waals surface area contributed by atoms with Crippen LogP contribution in [0.2, 0.25) is 0 Å². The van der Waals surface area contributed by atoms with Crippen molar-refractivity contribution in [2.45, 2.75) is 32.7 Å². The lowest BCUT2D eigenvalue weighted by Crippen LogP contribution is -2.32. The number of hydrogen-bond donors (Lipinski definition) is 1. The number of rotatable bonds is 8. The average Bonchev–Trinajstić information content (AvgIpc) is 2.42. The molecule has 0 saturated carbocycles. The zero-order chi connectivity index (χ0) is 14.3. The van der Waals surface area contributed by atoms with Gasteiger partial charge in [-0.25, -0.2) is 0 Å². The zero-order valence-corrected chi connectivity index (χ0v) is 12.8. The molecular weight excluding hydrogens is 236 g/mol. The first kappa shape index (κ1) is 15.9. The van der Waals surface area contributed by atoms with Crippen LogP contribution >= 0.6 is 0 Å². The van der Waals surface area contributed by atoms with Crippen LogP contribution in [-0.2, 0) is 0 Å². The molecule has 0 aliphatic heterocycles. The smallest absolute Gasteiger partial charge is 0.0572 e. The van der Waals surface area contributed by atoms with Crippen molar-refractivity contribution in [1.82, 2.24) is 9.88 Å². The van der Waals surface area contributed by atoms with E-state index in [1.165, 1.54) is 5.69 Å². The predicted octanol–water partition coefficient (Wildman–Crippen LogP) is 2.27. The number of anilines is 1. The van der Waals surface area contributed by atoms with Crippen LogP contribution in [0.3, 0.4) is 0 Å². The summed E-state index contributed by atoms with van der Waals surface area (Å²) in [7, 11) is 4.21. The quantitative estimate of drug-likeness (QED) is 0.782. The van der Waals surface area contributed by atoms with E-state index in [9.17, 15) is 0 Å². The Morgan fingerprint density at radius 2 is 1.89 bits per heavy atom. The van der Waals surface area contributed by atoms with Crippen LogP contribution in [0.4, 0.5) is 5.69 Å². The number of aromatic nitrogens is 1. The van der Waals surface area contributed by atoms with E-state index >= 15 is 0 Å². The zero-order valence-electron chi connectivity index (χ0n) is 12.8. The van der Waals surface area contributed by atoms with Crippen LogP contribution in [0.15, 0.2) is 18.3 Å². The Labute approximate surface area is 117 Å². The first-order chi connectivity index (χ1) is 9.08. The standard InChI is InChI=1S/C15H28N4/c1-5-9-19(11-10-18(3)4)13-7-8-15(17-12-13)14(16)6-2/h7-8,12,14H,5-6,9-11,16H2,1-4H3/t14-/m1/s1. The van der Waals surface area contributed by atoms with Gasteiger partial charge < -0.3 is 15.5 Å². The van der Waals surface area contributed by atoms with Crippen LogP contribution in [-0.4, -0.2) is 43.6 Å². The van der Waals surface area contributed by atoms with Gasteiger partial charge in [-0.2, -0.15) is 0 Å². The molecule has 1 atom stereocenters. The minimum Gasteiger partial charge on any atom is -0.369 e. The molecule has 0 unspecified atom stereocenters. The second-order valence-corrected chi connectivity index (χ2v) is 5.25. The minimum absolute atomic E-state index is 0.0513. The third kappa shape index (κ3) is 5.17. The van der Waals surface area contributed by atoms with Crippen molar-refractivity contribution >= 4 is 5.69 Å². The molecule has 0 amide bonds. The Morgan fingerprint density at radius 1 is 1.16 bits per heavy atom. The summed E-state index contributed by atoms with van der Waals surface area (Å²) >= 11 is 0. The molecule has 4 nitrogen and oxygen atoms in total. The van der Waals surface area contributed by atoms with E-state index in [0.717, 1.165) is 38.2 Å². The van der Waals surface area contributed by atoms with E-state index in [-0.39, 0.29) is 6.04 Å². The first-order valence-electron chi connectivity index (χ1n) is 7.19. The molecular formula is C15H28N4. The molecule has 0 spiro atoms. The third-order valence-electron chi connectivity index (χ3n) is 3.27.